The zero-order valence-electron chi connectivity index (χ0n) is 10.2. The molecule has 0 bridgehead atoms. The lowest BCUT2D eigenvalue weighted by Crippen LogP contribution is -2.18. The number of aromatic carboxylic acids is 1. The number of nitrogens with zero attached hydrogens (tertiary/aromatic N) is 2. The van der Waals surface area contributed by atoms with E-state index in [0.29, 0.717) is 11.4 Å². The fourth-order valence-corrected chi connectivity index (χ4v) is 2.39. The van der Waals surface area contributed by atoms with Gasteiger partial charge in [0.1, 0.15) is 0 Å². The van der Waals surface area contributed by atoms with E-state index in [0.717, 1.165) is 12.5 Å². The standard InChI is InChI=1S/C13H17N3O2/c17-11(18)10-3-6-14-12(16-10)15-8-13(4-5-13)7-9-1-2-9/h3,6,9H,1-2,4-5,7-8H2,(H,17,18)(H,14,15,16). The number of carboxylic acids is 1. The summed E-state index contributed by atoms with van der Waals surface area (Å²) in [4.78, 5) is 18.8. The van der Waals surface area contributed by atoms with Crippen molar-refractivity contribution in [1.82, 2.24) is 9.97 Å². The molecule has 1 aromatic heterocycles. The minimum atomic E-state index is -1.01. The molecule has 2 saturated carbocycles. The van der Waals surface area contributed by atoms with Crippen molar-refractivity contribution < 1.29 is 9.90 Å². The van der Waals surface area contributed by atoms with Crippen molar-refractivity contribution >= 4 is 11.9 Å². The number of anilines is 1. The smallest absolute Gasteiger partial charge is 0.354 e. The number of carbonyl (C=O) groups is 1. The highest BCUT2D eigenvalue weighted by atomic mass is 16.4. The van der Waals surface area contributed by atoms with Crippen LogP contribution in [-0.2, 0) is 0 Å². The van der Waals surface area contributed by atoms with Gasteiger partial charge in [0.15, 0.2) is 5.69 Å². The number of carboxylic acid groups (broad SMARTS) is 1. The number of aromatic nitrogens is 2. The summed E-state index contributed by atoms with van der Waals surface area (Å²) in [5.74, 6) is 0.345. The van der Waals surface area contributed by atoms with Gasteiger partial charge in [-0.15, -0.1) is 0 Å². The van der Waals surface area contributed by atoms with Crippen LogP contribution in [-0.4, -0.2) is 27.6 Å². The highest BCUT2D eigenvalue weighted by molar-refractivity contribution is 5.85. The molecule has 0 spiro atoms. The first-order valence-electron chi connectivity index (χ1n) is 6.47. The predicted octanol–water partition coefficient (Wildman–Crippen LogP) is 2.17. The van der Waals surface area contributed by atoms with E-state index in [1.165, 1.54) is 44.4 Å². The van der Waals surface area contributed by atoms with Crippen molar-refractivity contribution in [2.45, 2.75) is 32.1 Å². The molecular formula is C13H17N3O2. The van der Waals surface area contributed by atoms with Crippen LogP contribution in [0.25, 0.3) is 0 Å². The van der Waals surface area contributed by atoms with Gasteiger partial charge < -0.3 is 10.4 Å². The number of nitrogens with one attached hydrogen (secondary N) is 1. The van der Waals surface area contributed by atoms with E-state index in [9.17, 15) is 4.79 Å². The van der Waals surface area contributed by atoms with Crippen LogP contribution in [0.5, 0.6) is 0 Å². The van der Waals surface area contributed by atoms with Gasteiger partial charge in [0.25, 0.3) is 0 Å². The van der Waals surface area contributed by atoms with E-state index >= 15 is 0 Å². The van der Waals surface area contributed by atoms with Gasteiger partial charge in [0, 0.05) is 12.7 Å². The zero-order valence-corrected chi connectivity index (χ0v) is 10.2. The Bertz CT molecular complexity index is 467. The molecule has 5 nitrogen and oxygen atoms in total. The van der Waals surface area contributed by atoms with E-state index in [4.69, 9.17) is 5.11 Å². The first-order chi connectivity index (χ1) is 8.67. The highest BCUT2D eigenvalue weighted by Crippen LogP contribution is 2.54. The molecule has 0 saturated heterocycles. The summed E-state index contributed by atoms with van der Waals surface area (Å²) in [6.07, 6.45) is 8.10. The number of rotatable bonds is 6. The van der Waals surface area contributed by atoms with Crippen LogP contribution in [0.4, 0.5) is 5.95 Å². The first-order valence-corrected chi connectivity index (χ1v) is 6.47. The second-order valence-corrected chi connectivity index (χ2v) is 5.57. The largest absolute Gasteiger partial charge is 0.477 e. The zero-order chi connectivity index (χ0) is 12.6. The summed E-state index contributed by atoms with van der Waals surface area (Å²) in [6, 6.07) is 1.41. The molecule has 0 aliphatic heterocycles. The fourth-order valence-electron chi connectivity index (χ4n) is 2.39. The van der Waals surface area contributed by atoms with Crippen LogP contribution >= 0.6 is 0 Å². The van der Waals surface area contributed by atoms with Gasteiger partial charge in [-0.05, 0) is 36.7 Å². The minimum Gasteiger partial charge on any atom is -0.477 e. The quantitative estimate of drug-likeness (QED) is 0.805. The van der Waals surface area contributed by atoms with Gasteiger partial charge in [-0.25, -0.2) is 14.8 Å². The maximum absolute atomic E-state index is 10.8. The Morgan fingerprint density at radius 2 is 2.28 bits per heavy atom. The normalized spacial score (nSPS) is 20.4. The van der Waals surface area contributed by atoms with E-state index < -0.39 is 5.97 Å². The van der Waals surface area contributed by atoms with Crippen LogP contribution in [0, 0.1) is 11.3 Å². The molecule has 1 heterocycles. The monoisotopic (exact) mass is 247 g/mol. The number of hydrogen-bond donors (Lipinski definition) is 2. The van der Waals surface area contributed by atoms with E-state index in [2.05, 4.69) is 15.3 Å². The van der Waals surface area contributed by atoms with Gasteiger partial charge in [0.05, 0.1) is 0 Å². The lowest BCUT2D eigenvalue weighted by atomic mass is 9.99. The molecule has 3 rings (SSSR count). The van der Waals surface area contributed by atoms with Gasteiger partial charge in [-0.3, -0.25) is 0 Å². The Labute approximate surface area is 106 Å². The van der Waals surface area contributed by atoms with Crippen LogP contribution in [0.1, 0.15) is 42.6 Å². The molecule has 2 fully saturated rings. The van der Waals surface area contributed by atoms with Crippen molar-refractivity contribution in [2.24, 2.45) is 11.3 Å². The van der Waals surface area contributed by atoms with E-state index in [1.54, 1.807) is 0 Å². The third-order valence-corrected chi connectivity index (χ3v) is 3.87. The topological polar surface area (TPSA) is 75.1 Å². The summed E-state index contributed by atoms with van der Waals surface area (Å²) in [5.41, 5.74) is 0.476. The summed E-state index contributed by atoms with van der Waals surface area (Å²) in [6.45, 7) is 0.868. The van der Waals surface area contributed by atoms with Crippen molar-refractivity contribution in [1.29, 1.82) is 0 Å². The molecule has 1 aromatic rings. The molecule has 2 aliphatic carbocycles. The molecule has 2 aliphatic rings. The molecule has 0 atom stereocenters. The van der Waals surface area contributed by atoms with E-state index in [1.807, 2.05) is 0 Å². The molecule has 5 heteroatoms. The summed E-state index contributed by atoms with van der Waals surface area (Å²) < 4.78 is 0. The van der Waals surface area contributed by atoms with Crippen molar-refractivity contribution in [3.63, 3.8) is 0 Å². The van der Waals surface area contributed by atoms with Crippen molar-refractivity contribution in [2.75, 3.05) is 11.9 Å². The van der Waals surface area contributed by atoms with E-state index in [-0.39, 0.29) is 5.69 Å². The molecular weight excluding hydrogens is 230 g/mol. The Balaban J connectivity index is 1.59. The maximum atomic E-state index is 10.8. The van der Waals surface area contributed by atoms with Crippen LogP contribution in [0.15, 0.2) is 12.3 Å². The van der Waals surface area contributed by atoms with Gasteiger partial charge >= 0.3 is 5.97 Å². The molecule has 0 aromatic carbocycles. The molecule has 2 N–H and O–H groups in total. The number of hydrogen-bond acceptors (Lipinski definition) is 4. The van der Waals surface area contributed by atoms with Crippen molar-refractivity contribution in [3.8, 4) is 0 Å². The Kier molecular flexibility index (Phi) is 2.69. The second kappa shape index (κ2) is 4.23. The Morgan fingerprint density at radius 3 is 2.89 bits per heavy atom. The average Bonchev–Trinajstić information content (AvgIpc) is 3.27. The first kappa shape index (κ1) is 11.4. The van der Waals surface area contributed by atoms with Gasteiger partial charge in [-0.1, -0.05) is 12.8 Å². The highest BCUT2D eigenvalue weighted by Gasteiger charge is 2.45. The Hall–Kier alpha value is -1.65. The fraction of sp³-hybridized carbons (Fsp3) is 0.615. The van der Waals surface area contributed by atoms with Gasteiger partial charge in [-0.2, -0.15) is 0 Å². The predicted molar refractivity (Wildman–Crippen MR) is 66.5 cm³/mol. The average molecular weight is 247 g/mol. The molecule has 18 heavy (non-hydrogen) atoms. The molecule has 0 unspecified atom stereocenters. The third kappa shape index (κ3) is 2.60. The minimum absolute atomic E-state index is 0.0412. The second-order valence-electron chi connectivity index (χ2n) is 5.57. The molecule has 96 valence electrons. The molecule has 0 radical (unpaired) electrons. The molecule has 0 amide bonds. The van der Waals surface area contributed by atoms with Gasteiger partial charge in [0.2, 0.25) is 5.95 Å². The maximum Gasteiger partial charge on any atom is 0.354 e. The summed E-state index contributed by atoms with van der Waals surface area (Å²) in [5, 5.41) is 12.0. The summed E-state index contributed by atoms with van der Waals surface area (Å²) in [7, 11) is 0. The summed E-state index contributed by atoms with van der Waals surface area (Å²) >= 11 is 0. The lowest BCUT2D eigenvalue weighted by molar-refractivity contribution is 0.0690. The Morgan fingerprint density at radius 1 is 1.50 bits per heavy atom. The third-order valence-electron chi connectivity index (χ3n) is 3.87. The van der Waals surface area contributed by atoms with Crippen LogP contribution in [0.2, 0.25) is 0 Å². The van der Waals surface area contributed by atoms with Crippen molar-refractivity contribution in [3.05, 3.63) is 18.0 Å². The lowest BCUT2D eigenvalue weighted by Gasteiger charge is -2.15. The SMILES string of the molecule is O=C(O)c1ccnc(NCC2(CC3CC3)CC2)n1. The van der Waals surface area contributed by atoms with Crippen LogP contribution in [0.3, 0.4) is 0 Å². The van der Waals surface area contributed by atoms with Crippen LogP contribution < -0.4 is 5.32 Å².